The minimum atomic E-state index is -0.499. The van der Waals surface area contributed by atoms with Gasteiger partial charge >= 0.3 is 0 Å². The van der Waals surface area contributed by atoms with Crippen LogP contribution in [0.4, 0.5) is 10.8 Å². The van der Waals surface area contributed by atoms with Gasteiger partial charge in [-0.15, -0.1) is 11.3 Å². The van der Waals surface area contributed by atoms with Gasteiger partial charge in [0.05, 0.1) is 12.1 Å². The van der Waals surface area contributed by atoms with Gasteiger partial charge in [0.1, 0.15) is 13.2 Å². The molecule has 2 N–H and O–H groups in total. The predicted octanol–water partition coefficient (Wildman–Crippen LogP) is 3.08. The van der Waals surface area contributed by atoms with Crippen LogP contribution in [0.1, 0.15) is 26.5 Å². The topological polar surface area (TPSA) is 89.6 Å². The summed E-state index contributed by atoms with van der Waals surface area (Å²) in [5, 5.41) is 7.84. The molecule has 138 valence electrons. The van der Waals surface area contributed by atoms with E-state index in [9.17, 15) is 9.59 Å². The quantitative estimate of drug-likeness (QED) is 0.857. The number of rotatable bonds is 4. The Morgan fingerprint density at radius 3 is 2.62 bits per heavy atom. The van der Waals surface area contributed by atoms with Crippen molar-refractivity contribution in [3.8, 4) is 11.5 Å². The van der Waals surface area contributed by atoms with Crippen LogP contribution >= 0.6 is 11.3 Å². The van der Waals surface area contributed by atoms with Crippen LogP contribution in [0.25, 0.3) is 0 Å². The molecule has 26 heavy (non-hydrogen) atoms. The Kier molecular flexibility index (Phi) is 5.13. The zero-order valence-electron chi connectivity index (χ0n) is 14.9. The number of hydrogen-bond acceptors (Lipinski definition) is 6. The Hall–Kier alpha value is -2.61. The van der Waals surface area contributed by atoms with Crippen LogP contribution in [0.15, 0.2) is 23.6 Å². The molecule has 0 fully saturated rings. The molecule has 0 saturated carbocycles. The lowest BCUT2D eigenvalue weighted by Crippen LogP contribution is -2.27. The third-order valence-corrected chi connectivity index (χ3v) is 4.43. The summed E-state index contributed by atoms with van der Waals surface area (Å²) in [5.41, 5.74) is 0.742. The minimum absolute atomic E-state index is 0.112. The normalized spacial score (nSPS) is 13.2. The molecule has 0 bridgehead atoms. The third-order valence-electron chi connectivity index (χ3n) is 3.62. The molecule has 1 aromatic heterocycles. The molecule has 2 amide bonds. The molecule has 0 saturated heterocycles. The van der Waals surface area contributed by atoms with E-state index in [4.69, 9.17) is 9.47 Å². The zero-order chi connectivity index (χ0) is 18.7. The summed E-state index contributed by atoms with van der Waals surface area (Å²) in [4.78, 5) is 28.5. The number of nitrogens with one attached hydrogen (secondary N) is 2. The zero-order valence-corrected chi connectivity index (χ0v) is 15.7. The summed E-state index contributed by atoms with van der Waals surface area (Å²) in [6.07, 6.45) is 0.121. The van der Waals surface area contributed by atoms with Crippen molar-refractivity contribution in [3.63, 3.8) is 0 Å². The Labute approximate surface area is 155 Å². The van der Waals surface area contributed by atoms with Gasteiger partial charge < -0.3 is 20.1 Å². The van der Waals surface area contributed by atoms with Crippen LogP contribution in [-0.2, 0) is 16.0 Å². The third kappa shape index (κ3) is 4.51. The van der Waals surface area contributed by atoms with Crippen LogP contribution in [0.2, 0.25) is 0 Å². The fourth-order valence-electron chi connectivity index (χ4n) is 2.22. The number of aromatic nitrogens is 1. The number of hydrogen-bond donors (Lipinski definition) is 2. The molecule has 0 atom stereocenters. The lowest BCUT2D eigenvalue weighted by molar-refractivity contribution is -0.123. The monoisotopic (exact) mass is 375 g/mol. The van der Waals surface area contributed by atoms with E-state index in [-0.39, 0.29) is 18.2 Å². The number of carbonyl (C=O) groups is 2. The molecule has 0 aliphatic carbocycles. The van der Waals surface area contributed by atoms with Crippen molar-refractivity contribution in [3.05, 3.63) is 29.3 Å². The van der Waals surface area contributed by atoms with Crippen molar-refractivity contribution >= 4 is 34.0 Å². The van der Waals surface area contributed by atoms with Gasteiger partial charge in [0.15, 0.2) is 16.6 Å². The number of benzene rings is 1. The number of thiazole rings is 1. The van der Waals surface area contributed by atoms with Crippen LogP contribution in [0.5, 0.6) is 11.5 Å². The number of carbonyl (C=O) groups excluding carboxylic acids is 2. The van der Waals surface area contributed by atoms with Gasteiger partial charge in [-0.2, -0.15) is 0 Å². The van der Waals surface area contributed by atoms with Gasteiger partial charge in [0.25, 0.3) is 0 Å². The van der Waals surface area contributed by atoms with Crippen molar-refractivity contribution in [1.82, 2.24) is 4.98 Å². The van der Waals surface area contributed by atoms with Crippen molar-refractivity contribution in [1.29, 1.82) is 0 Å². The molecule has 1 aliphatic rings. The van der Waals surface area contributed by atoms with E-state index in [1.807, 2.05) is 20.8 Å². The Morgan fingerprint density at radius 1 is 1.15 bits per heavy atom. The number of fused-ring (bicyclic) bond motifs is 1. The first-order chi connectivity index (χ1) is 12.3. The van der Waals surface area contributed by atoms with Crippen LogP contribution in [0, 0.1) is 5.41 Å². The average molecular weight is 375 g/mol. The SMILES string of the molecule is CC(C)(C)C(=O)Nc1nc(CC(=O)Nc2ccc3c(c2)OCCO3)cs1. The summed E-state index contributed by atoms with van der Waals surface area (Å²) in [7, 11) is 0. The van der Waals surface area contributed by atoms with Crippen molar-refractivity contribution in [2.75, 3.05) is 23.8 Å². The van der Waals surface area contributed by atoms with E-state index in [1.165, 1.54) is 11.3 Å². The van der Waals surface area contributed by atoms with Gasteiger partial charge in [-0.1, -0.05) is 20.8 Å². The maximum absolute atomic E-state index is 12.2. The highest BCUT2D eigenvalue weighted by atomic mass is 32.1. The van der Waals surface area contributed by atoms with E-state index in [1.54, 1.807) is 23.6 Å². The summed E-state index contributed by atoms with van der Waals surface area (Å²) in [6.45, 7) is 6.51. The highest BCUT2D eigenvalue weighted by Gasteiger charge is 2.22. The first-order valence-corrected chi connectivity index (χ1v) is 9.14. The molecule has 0 unspecified atom stereocenters. The standard InChI is InChI=1S/C18H21N3O4S/c1-18(2,3)16(23)21-17-20-12(10-26-17)9-15(22)19-11-4-5-13-14(8-11)25-7-6-24-13/h4-5,8,10H,6-7,9H2,1-3H3,(H,19,22)(H,20,21,23). The number of nitrogens with zero attached hydrogens (tertiary/aromatic N) is 1. The molecular formula is C18H21N3O4S. The molecule has 8 heteroatoms. The second kappa shape index (κ2) is 7.33. The fourth-order valence-corrected chi connectivity index (χ4v) is 2.93. The van der Waals surface area contributed by atoms with Gasteiger partial charge in [-0.3, -0.25) is 9.59 Å². The van der Waals surface area contributed by atoms with Crippen LogP contribution < -0.4 is 20.1 Å². The molecule has 0 radical (unpaired) electrons. The van der Waals surface area contributed by atoms with E-state index >= 15 is 0 Å². The molecule has 2 aromatic rings. The second-order valence-electron chi connectivity index (χ2n) is 6.93. The van der Waals surface area contributed by atoms with Gasteiger partial charge in [-0.25, -0.2) is 4.98 Å². The summed E-state index contributed by atoms with van der Waals surface area (Å²) in [6, 6.07) is 5.27. The number of anilines is 2. The van der Waals surface area contributed by atoms with Crippen molar-refractivity contribution in [2.45, 2.75) is 27.2 Å². The number of amides is 2. The molecule has 0 spiro atoms. The van der Waals surface area contributed by atoms with E-state index < -0.39 is 5.41 Å². The molecule has 3 rings (SSSR count). The Balaban J connectivity index is 1.58. The number of ether oxygens (including phenoxy) is 2. The van der Waals surface area contributed by atoms with Crippen LogP contribution in [0.3, 0.4) is 0 Å². The highest BCUT2D eigenvalue weighted by Crippen LogP contribution is 2.32. The maximum Gasteiger partial charge on any atom is 0.231 e. The lowest BCUT2D eigenvalue weighted by atomic mass is 9.96. The predicted molar refractivity (Wildman–Crippen MR) is 100.0 cm³/mol. The summed E-state index contributed by atoms with van der Waals surface area (Å²) < 4.78 is 11.0. The van der Waals surface area contributed by atoms with E-state index in [2.05, 4.69) is 15.6 Å². The highest BCUT2D eigenvalue weighted by molar-refractivity contribution is 7.13. The van der Waals surface area contributed by atoms with E-state index in [0.717, 1.165) is 0 Å². The minimum Gasteiger partial charge on any atom is -0.486 e. The smallest absolute Gasteiger partial charge is 0.231 e. The average Bonchev–Trinajstić information content (AvgIpc) is 3.00. The molecule has 2 heterocycles. The van der Waals surface area contributed by atoms with Crippen LogP contribution in [-0.4, -0.2) is 30.0 Å². The largest absolute Gasteiger partial charge is 0.486 e. The first-order valence-electron chi connectivity index (χ1n) is 8.26. The first kappa shape index (κ1) is 18.2. The summed E-state index contributed by atoms with van der Waals surface area (Å²) >= 11 is 1.30. The Morgan fingerprint density at radius 2 is 1.88 bits per heavy atom. The molecule has 1 aliphatic heterocycles. The van der Waals surface area contributed by atoms with E-state index in [0.29, 0.717) is 41.2 Å². The molecular weight excluding hydrogens is 354 g/mol. The molecule has 7 nitrogen and oxygen atoms in total. The summed E-state index contributed by atoms with van der Waals surface area (Å²) in [5.74, 6) is 0.989. The van der Waals surface area contributed by atoms with Crippen molar-refractivity contribution < 1.29 is 19.1 Å². The second-order valence-corrected chi connectivity index (χ2v) is 7.79. The fraction of sp³-hybridized carbons (Fsp3) is 0.389. The molecule has 1 aromatic carbocycles. The van der Waals surface area contributed by atoms with Gasteiger partial charge in [0.2, 0.25) is 11.8 Å². The Bertz CT molecular complexity index is 826. The van der Waals surface area contributed by atoms with Crippen molar-refractivity contribution in [2.24, 2.45) is 5.41 Å². The maximum atomic E-state index is 12.2. The van der Waals surface area contributed by atoms with Gasteiger partial charge in [-0.05, 0) is 12.1 Å². The lowest BCUT2D eigenvalue weighted by Gasteiger charge is -2.18. The van der Waals surface area contributed by atoms with Gasteiger partial charge in [0, 0.05) is 22.5 Å².